The summed E-state index contributed by atoms with van der Waals surface area (Å²) in [6.07, 6.45) is 0. The molecule has 0 aromatic heterocycles. The van der Waals surface area contributed by atoms with Gasteiger partial charge in [0.1, 0.15) is 23.9 Å². The van der Waals surface area contributed by atoms with E-state index in [9.17, 15) is 14.4 Å². The van der Waals surface area contributed by atoms with Gasteiger partial charge in [0.2, 0.25) is 0 Å². The number of benzene rings is 2. The maximum atomic E-state index is 13.0. The lowest BCUT2D eigenvalue weighted by molar-refractivity contribution is 0.306. The SMILES string of the molecule is COc1ccc(OCc2ccc(F)cc2Cl)c(B(O)O)c1. The molecule has 0 aliphatic heterocycles. The van der Waals surface area contributed by atoms with Gasteiger partial charge >= 0.3 is 7.12 Å². The van der Waals surface area contributed by atoms with Crippen LogP contribution in [-0.4, -0.2) is 24.3 Å². The second-order valence-electron chi connectivity index (χ2n) is 4.30. The van der Waals surface area contributed by atoms with Gasteiger partial charge in [0.15, 0.2) is 0 Å². The van der Waals surface area contributed by atoms with Gasteiger partial charge in [-0.1, -0.05) is 17.7 Å². The first-order valence-electron chi connectivity index (χ1n) is 6.12. The quantitative estimate of drug-likeness (QED) is 0.826. The molecule has 7 heteroatoms. The third-order valence-corrected chi connectivity index (χ3v) is 3.25. The standard InChI is InChI=1S/C14H13BClFO4/c1-20-11-4-5-14(12(7-11)15(18)19)21-8-9-2-3-10(17)6-13(9)16/h2-7,18-19H,8H2,1H3. The van der Waals surface area contributed by atoms with Crippen LogP contribution in [0.15, 0.2) is 36.4 Å². The van der Waals surface area contributed by atoms with Crippen LogP contribution in [0.3, 0.4) is 0 Å². The summed E-state index contributed by atoms with van der Waals surface area (Å²) >= 11 is 5.91. The van der Waals surface area contributed by atoms with Crippen LogP contribution in [0.25, 0.3) is 0 Å². The second-order valence-corrected chi connectivity index (χ2v) is 4.71. The molecule has 0 spiro atoms. The molecule has 21 heavy (non-hydrogen) atoms. The molecule has 0 radical (unpaired) electrons. The average molecular weight is 311 g/mol. The number of methoxy groups -OCH3 is 1. The lowest BCUT2D eigenvalue weighted by atomic mass is 9.79. The molecular weight excluding hydrogens is 297 g/mol. The maximum absolute atomic E-state index is 13.0. The van der Waals surface area contributed by atoms with E-state index >= 15 is 0 Å². The van der Waals surface area contributed by atoms with Gasteiger partial charge in [-0.25, -0.2) is 4.39 Å². The Hall–Kier alpha value is -1.76. The van der Waals surface area contributed by atoms with Gasteiger partial charge in [-0.2, -0.15) is 0 Å². The Balaban J connectivity index is 2.19. The summed E-state index contributed by atoms with van der Waals surface area (Å²) in [5.41, 5.74) is 0.764. The van der Waals surface area contributed by atoms with Crippen molar-refractivity contribution >= 4 is 24.2 Å². The van der Waals surface area contributed by atoms with Crippen LogP contribution in [0.5, 0.6) is 11.5 Å². The molecule has 0 saturated heterocycles. The summed E-state index contributed by atoms with van der Waals surface area (Å²) in [4.78, 5) is 0. The summed E-state index contributed by atoms with van der Waals surface area (Å²) < 4.78 is 23.5. The average Bonchev–Trinajstić information content (AvgIpc) is 2.46. The largest absolute Gasteiger partial charge is 0.497 e. The second kappa shape index (κ2) is 6.80. The molecule has 0 heterocycles. The van der Waals surface area contributed by atoms with E-state index in [0.717, 1.165) is 0 Å². The molecule has 0 saturated carbocycles. The molecule has 0 fully saturated rings. The Labute approximate surface area is 126 Å². The summed E-state index contributed by atoms with van der Waals surface area (Å²) in [5, 5.41) is 19.0. The predicted octanol–water partition coefficient (Wildman–Crippen LogP) is 1.75. The minimum Gasteiger partial charge on any atom is -0.497 e. The minimum absolute atomic E-state index is 0.0746. The topological polar surface area (TPSA) is 58.9 Å². The lowest BCUT2D eigenvalue weighted by Gasteiger charge is -2.13. The van der Waals surface area contributed by atoms with Gasteiger partial charge in [-0.05, 0) is 30.3 Å². The highest BCUT2D eigenvalue weighted by Crippen LogP contribution is 2.21. The zero-order chi connectivity index (χ0) is 15.4. The number of halogens is 2. The van der Waals surface area contributed by atoms with Gasteiger partial charge in [0, 0.05) is 11.0 Å². The highest BCUT2D eigenvalue weighted by atomic mass is 35.5. The van der Waals surface area contributed by atoms with Gasteiger partial charge in [0.25, 0.3) is 0 Å². The molecule has 0 aliphatic carbocycles. The van der Waals surface area contributed by atoms with Gasteiger partial charge in [0.05, 0.1) is 12.1 Å². The van der Waals surface area contributed by atoms with E-state index in [2.05, 4.69) is 0 Å². The third kappa shape index (κ3) is 3.88. The van der Waals surface area contributed by atoms with Crippen molar-refractivity contribution in [2.24, 2.45) is 0 Å². The number of hydrogen-bond acceptors (Lipinski definition) is 4. The van der Waals surface area contributed by atoms with Crippen LogP contribution in [0.2, 0.25) is 5.02 Å². The van der Waals surface area contributed by atoms with Crippen molar-refractivity contribution in [1.29, 1.82) is 0 Å². The van der Waals surface area contributed by atoms with Crippen LogP contribution in [0.1, 0.15) is 5.56 Å². The number of hydrogen-bond donors (Lipinski definition) is 2. The highest BCUT2D eigenvalue weighted by Gasteiger charge is 2.18. The van der Waals surface area contributed by atoms with Crippen molar-refractivity contribution in [2.45, 2.75) is 6.61 Å². The zero-order valence-corrected chi connectivity index (χ0v) is 12.0. The minimum atomic E-state index is -1.70. The lowest BCUT2D eigenvalue weighted by Crippen LogP contribution is -2.31. The molecule has 0 amide bonds. The zero-order valence-electron chi connectivity index (χ0n) is 11.2. The Kier molecular flexibility index (Phi) is 5.06. The van der Waals surface area contributed by atoms with Gasteiger partial charge < -0.3 is 19.5 Å². The van der Waals surface area contributed by atoms with E-state index in [4.69, 9.17) is 21.1 Å². The fraction of sp³-hybridized carbons (Fsp3) is 0.143. The van der Waals surface area contributed by atoms with Crippen LogP contribution in [-0.2, 0) is 6.61 Å². The smallest absolute Gasteiger partial charge is 0.492 e. The van der Waals surface area contributed by atoms with Crippen molar-refractivity contribution in [1.82, 2.24) is 0 Å². The summed E-state index contributed by atoms with van der Waals surface area (Å²) in [7, 11) is -0.222. The predicted molar refractivity (Wildman–Crippen MR) is 78.6 cm³/mol. The maximum Gasteiger partial charge on any atom is 0.492 e. The molecule has 2 rings (SSSR count). The van der Waals surface area contributed by atoms with Gasteiger partial charge in [-0.3, -0.25) is 0 Å². The summed E-state index contributed by atoms with van der Waals surface area (Å²) in [6.45, 7) is 0.0746. The molecule has 0 bridgehead atoms. The Morgan fingerprint density at radius 3 is 2.57 bits per heavy atom. The van der Waals surface area contributed by atoms with Crippen LogP contribution in [0.4, 0.5) is 4.39 Å². The Bertz CT molecular complexity index is 636. The van der Waals surface area contributed by atoms with E-state index in [0.29, 0.717) is 11.3 Å². The van der Waals surface area contributed by atoms with Crippen LogP contribution in [0, 0.1) is 5.82 Å². The van der Waals surface area contributed by atoms with Crippen LogP contribution >= 0.6 is 11.6 Å². The van der Waals surface area contributed by atoms with Gasteiger partial charge in [-0.15, -0.1) is 0 Å². The fourth-order valence-corrected chi connectivity index (χ4v) is 2.00. The molecule has 110 valence electrons. The van der Waals surface area contributed by atoms with Crippen molar-refractivity contribution < 1.29 is 23.9 Å². The molecule has 2 N–H and O–H groups in total. The molecule has 0 atom stereocenters. The summed E-state index contributed by atoms with van der Waals surface area (Å²) in [6, 6.07) is 8.64. The first kappa shape index (κ1) is 15.6. The van der Waals surface area contributed by atoms with Crippen molar-refractivity contribution in [3.8, 4) is 11.5 Å². The number of ether oxygens (including phenoxy) is 2. The monoisotopic (exact) mass is 310 g/mol. The molecule has 0 unspecified atom stereocenters. The molecule has 4 nitrogen and oxygen atoms in total. The number of rotatable bonds is 5. The molecule has 0 aliphatic rings. The fourth-order valence-electron chi connectivity index (χ4n) is 1.78. The first-order valence-corrected chi connectivity index (χ1v) is 6.50. The van der Waals surface area contributed by atoms with Crippen molar-refractivity contribution in [2.75, 3.05) is 7.11 Å². The Morgan fingerprint density at radius 2 is 1.95 bits per heavy atom. The van der Waals surface area contributed by atoms with E-state index in [1.54, 1.807) is 12.1 Å². The Morgan fingerprint density at radius 1 is 1.19 bits per heavy atom. The van der Waals surface area contributed by atoms with Crippen molar-refractivity contribution in [3.63, 3.8) is 0 Å². The third-order valence-electron chi connectivity index (χ3n) is 2.89. The normalized spacial score (nSPS) is 10.3. The summed E-state index contributed by atoms with van der Waals surface area (Å²) in [5.74, 6) is 0.330. The van der Waals surface area contributed by atoms with E-state index in [-0.39, 0.29) is 22.8 Å². The van der Waals surface area contributed by atoms with E-state index < -0.39 is 12.9 Å². The molecule has 2 aromatic rings. The van der Waals surface area contributed by atoms with Crippen LogP contribution < -0.4 is 14.9 Å². The first-order chi connectivity index (χ1) is 10.0. The molecular formula is C14H13BClFO4. The highest BCUT2D eigenvalue weighted by molar-refractivity contribution is 6.59. The van der Waals surface area contributed by atoms with E-state index in [1.165, 1.54) is 31.4 Å². The van der Waals surface area contributed by atoms with E-state index in [1.807, 2.05) is 0 Å². The van der Waals surface area contributed by atoms with Crippen molar-refractivity contribution in [3.05, 3.63) is 52.8 Å². The molecule has 2 aromatic carbocycles.